The van der Waals surface area contributed by atoms with Gasteiger partial charge in [-0.05, 0) is 31.9 Å². The van der Waals surface area contributed by atoms with E-state index in [-0.39, 0.29) is 31.3 Å². The van der Waals surface area contributed by atoms with E-state index in [1.54, 1.807) is 4.90 Å². The van der Waals surface area contributed by atoms with Crippen LogP contribution in [0.1, 0.15) is 31.4 Å². The first-order chi connectivity index (χ1) is 10.4. The highest BCUT2D eigenvalue weighted by atomic mass is 16.4. The largest absolute Gasteiger partial charge is 0.481 e. The fourth-order valence-corrected chi connectivity index (χ4v) is 2.66. The highest BCUT2D eigenvalue weighted by molar-refractivity contribution is 5.90. The van der Waals surface area contributed by atoms with Crippen LogP contribution in [0.15, 0.2) is 24.4 Å². The van der Waals surface area contributed by atoms with Crippen molar-refractivity contribution < 1.29 is 14.7 Å². The highest BCUT2D eigenvalue weighted by Gasteiger charge is 2.19. The molecule has 0 aliphatic rings. The zero-order valence-electron chi connectivity index (χ0n) is 13.2. The Hall–Kier alpha value is -2.30. The molecule has 118 valence electrons. The van der Waals surface area contributed by atoms with E-state index < -0.39 is 5.97 Å². The molecule has 1 heterocycles. The average Bonchev–Trinajstić information content (AvgIpc) is 2.83. The summed E-state index contributed by atoms with van der Waals surface area (Å²) in [7, 11) is 0. The Labute approximate surface area is 129 Å². The third-order valence-corrected chi connectivity index (χ3v) is 3.86. The van der Waals surface area contributed by atoms with Crippen LogP contribution < -0.4 is 0 Å². The van der Waals surface area contributed by atoms with E-state index in [4.69, 9.17) is 5.11 Å². The molecule has 5 nitrogen and oxygen atoms in total. The third kappa shape index (κ3) is 3.47. The number of carboxylic acid groups (broad SMARTS) is 1. The van der Waals surface area contributed by atoms with Crippen molar-refractivity contribution in [2.45, 2.75) is 39.7 Å². The smallest absolute Gasteiger partial charge is 0.305 e. The molecule has 0 spiro atoms. The molecule has 2 aromatic rings. The molecule has 0 aliphatic carbocycles. The summed E-state index contributed by atoms with van der Waals surface area (Å²) < 4.78 is 0. The maximum absolute atomic E-state index is 12.5. The van der Waals surface area contributed by atoms with Crippen LogP contribution in [-0.4, -0.2) is 39.5 Å². The van der Waals surface area contributed by atoms with Crippen molar-refractivity contribution in [3.05, 3.63) is 35.5 Å². The molecule has 0 aliphatic heterocycles. The van der Waals surface area contributed by atoms with Gasteiger partial charge in [0.2, 0.25) is 5.91 Å². The number of aromatic amines is 1. The SMILES string of the molecule is Cc1cccc2c(CC(=O)N(CCC(=O)O)C(C)C)c[nH]c12. The molecular formula is C17H22N2O3. The molecule has 1 aromatic heterocycles. The van der Waals surface area contributed by atoms with Crippen LogP contribution in [0, 0.1) is 6.92 Å². The predicted octanol–water partition coefficient (Wildman–Crippen LogP) is 2.73. The number of nitrogens with one attached hydrogen (secondary N) is 1. The monoisotopic (exact) mass is 302 g/mol. The number of carbonyl (C=O) groups excluding carboxylic acids is 1. The molecule has 2 N–H and O–H groups in total. The van der Waals surface area contributed by atoms with E-state index in [2.05, 4.69) is 4.98 Å². The van der Waals surface area contributed by atoms with Gasteiger partial charge in [-0.1, -0.05) is 18.2 Å². The summed E-state index contributed by atoms with van der Waals surface area (Å²) in [5.41, 5.74) is 3.14. The van der Waals surface area contributed by atoms with Gasteiger partial charge in [-0.15, -0.1) is 0 Å². The number of carbonyl (C=O) groups is 2. The van der Waals surface area contributed by atoms with E-state index in [9.17, 15) is 9.59 Å². The Morgan fingerprint density at radius 2 is 2.05 bits per heavy atom. The van der Waals surface area contributed by atoms with Gasteiger partial charge in [0.1, 0.15) is 0 Å². The number of hydrogen-bond acceptors (Lipinski definition) is 2. The summed E-state index contributed by atoms with van der Waals surface area (Å²) in [6.07, 6.45) is 2.11. The summed E-state index contributed by atoms with van der Waals surface area (Å²) >= 11 is 0. The van der Waals surface area contributed by atoms with Crippen molar-refractivity contribution in [3.63, 3.8) is 0 Å². The Balaban J connectivity index is 2.17. The van der Waals surface area contributed by atoms with Crippen molar-refractivity contribution in [2.75, 3.05) is 6.54 Å². The molecule has 5 heteroatoms. The van der Waals surface area contributed by atoms with E-state index in [0.29, 0.717) is 0 Å². The molecule has 0 saturated heterocycles. The van der Waals surface area contributed by atoms with Gasteiger partial charge in [0.25, 0.3) is 0 Å². The van der Waals surface area contributed by atoms with Crippen LogP contribution in [0.2, 0.25) is 0 Å². The summed E-state index contributed by atoms with van der Waals surface area (Å²) in [5.74, 6) is -0.931. The van der Waals surface area contributed by atoms with Crippen LogP contribution in [-0.2, 0) is 16.0 Å². The van der Waals surface area contributed by atoms with E-state index in [0.717, 1.165) is 22.0 Å². The summed E-state index contributed by atoms with van der Waals surface area (Å²) in [6, 6.07) is 5.99. The lowest BCUT2D eigenvalue weighted by Crippen LogP contribution is -2.39. The molecule has 0 atom stereocenters. The number of nitrogens with zero attached hydrogens (tertiary/aromatic N) is 1. The zero-order valence-corrected chi connectivity index (χ0v) is 13.2. The van der Waals surface area contributed by atoms with E-state index in [1.807, 2.05) is 45.2 Å². The van der Waals surface area contributed by atoms with Crippen molar-refractivity contribution >= 4 is 22.8 Å². The first-order valence-corrected chi connectivity index (χ1v) is 7.47. The Kier molecular flexibility index (Phi) is 4.85. The molecule has 0 unspecified atom stereocenters. The predicted molar refractivity (Wildman–Crippen MR) is 85.8 cm³/mol. The quantitative estimate of drug-likeness (QED) is 0.861. The number of fused-ring (bicyclic) bond motifs is 1. The lowest BCUT2D eigenvalue weighted by Gasteiger charge is -2.26. The second-order valence-corrected chi connectivity index (χ2v) is 5.81. The number of aromatic nitrogens is 1. The van der Waals surface area contributed by atoms with Gasteiger partial charge in [-0.25, -0.2) is 0 Å². The molecular weight excluding hydrogens is 280 g/mol. The van der Waals surface area contributed by atoms with Gasteiger partial charge >= 0.3 is 5.97 Å². The fraction of sp³-hybridized carbons (Fsp3) is 0.412. The lowest BCUT2D eigenvalue weighted by atomic mass is 10.1. The standard InChI is InChI=1S/C17H22N2O3/c1-11(2)19(8-7-16(21)22)15(20)9-13-10-18-17-12(3)5-4-6-14(13)17/h4-6,10-11,18H,7-9H2,1-3H3,(H,21,22). The van der Waals surface area contributed by atoms with Crippen molar-refractivity contribution in [3.8, 4) is 0 Å². The number of amides is 1. The minimum Gasteiger partial charge on any atom is -0.481 e. The molecule has 0 radical (unpaired) electrons. The van der Waals surface area contributed by atoms with Gasteiger partial charge in [0, 0.05) is 29.7 Å². The van der Waals surface area contributed by atoms with Crippen LogP contribution >= 0.6 is 0 Å². The second kappa shape index (κ2) is 6.64. The number of H-pyrrole nitrogens is 1. The van der Waals surface area contributed by atoms with Gasteiger partial charge in [-0.2, -0.15) is 0 Å². The minimum atomic E-state index is -0.888. The molecule has 2 rings (SSSR count). The fourth-order valence-electron chi connectivity index (χ4n) is 2.66. The van der Waals surface area contributed by atoms with Crippen molar-refractivity contribution in [1.29, 1.82) is 0 Å². The molecule has 0 bridgehead atoms. The summed E-state index contributed by atoms with van der Waals surface area (Å²) in [5, 5.41) is 9.86. The average molecular weight is 302 g/mol. The number of aliphatic carboxylic acids is 1. The second-order valence-electron chi connectivity index (χ2n) is 5.81. The third-order valence-electron chi connectivity index (χ3n) is 3.86. The van der Waals surface area contributed by atoms with E-state index in [1.165, 1.54) is 0 Å². The van der Waals surface area contributed by atoms with Gasteiger partial charge in [0.05, 0.1) is 12.8 Å². The normalized spacial score (nSPS) is 11.1. The number of rotatable bonds is 6. The maximum Gasteiger partial charge on any atom is 0.305 e. The van der Waals surface area contributed by atoms with Crippen LogP contribution in [0.4, 0.5) is 0 Å². The van der Waals surface area contributed by atoms with Crippen LogP contribution in [0.3, 0.4) is 0 Å². The number of benzene rings is 1. The van der Waals surface area contributed by atoms with Gasteiger partial charge in [0.15, 0.2) is 0 Å². The zero-order chi connectivity index (χ0) is 16.3. The highest BCUT2D eigenvalue weighted by Crippen LogP contribution is 2.22. The van der Waals surface area contributed by atoms with E-state index >= 15 is 0 Å². The summed E-state index contributed by atoms with van der Waals surface area (Å²) in [6.45, 7) is 6.07. The Morgan fingerprint density at radius 3 is 2.68 bits per heavy atom. The van der Waals surface area contributed by atoms with Gasteiger partial charge < -0.3 is 15.0 Å². The first kappa shape index (κ1) is 16.1. The van der Waals surface area contributed by atoms with Crippen molar-refractivity contribution in [1.82, 2.24) is 9.88 Å². The minimum absolute atomic E-state index is 0.0150. The van der Waals surface area contributed by atoms with Gasteiger partial charge in [-0.3, -0.25) is 9.59 Å². The number of hydrogen-bond donors (Lipinski definition) is 2. The Bertz CT molecular complexity index is 688. The number of aryl methyl sites for hydroxylation is 1. The Morgan fingerprint density at radius 1 is 1.32 bits per heavy atom. The molecule has 0 saturated carbocycles. The molecule has 1 amide bonds. The molecule has 0 fully saturated rings. The van der Waals surface area contributed by atoms with Crippen LogP contribution in [0.5, 0.6) is 0 Å². The molecule has 22 heavy (non-hydrogen) atoms. The number of carboxylic acids is 1. The van der Waals surface area contributed by atoms with Crippen LogP contribution in [0.25, 0.3) is 10.9 Å². The molecule has 1 aromatic carbocycles. The topological polar surface area (TPSA) is 73.4 Å². The summed E-state index contributed by atoms with van der Waals surface area (Å²) in [4.78, 5) is 28.1. The lowest BCUT2D eigenvalue weighted by molar-refractivity contribution is -0.139. The maximum atomic E-state index is 12.5. The van der Waals surface area contributed by atoms with Crippen molar-refractivity contribution in [2.24, 2.45) is 0 Å². The number of para-hydroxylation sites is 1. The first-order valence-electron chi connectivity index (χ1n) is 7.47.